The average molecular weight is 262 g/mol. The number of nitrogens with zero attached hydrogens (tertiary/aromatic N) is 1. The first-order valence-corrected chi connectivity index (χ1v) is 7.07. The quantitative estimate of drug-likeness (QED) is 0.611. The maximum atomic E-state index is 11.7. The van der Waals surface area contributed by atoms with Crippen molar-refractivity contribution in [3.63, 3.8) is 0 Å². The molecule has 1 aliphatic rings. The van der Waals surface area contributed by atoms with E-state index in [-0.39, 0.29) is 18.7 Å². The van der Waals surface area contributed by atoms with Crippen LogP contribution in [0.5, 0.6) is 0 Å². The van der Waals surface area contributed by atoms with Gasteiger partial charge in [-0.2, -0.15) is 0 Å². The molecular weight excluding hydrogens is 248 g/mol. The number of nitrogens with one attached hydrogen (secondary N) is 1. The molecule has 1 fully saturated rings. The van der Waals surface area contributed by atoms with Crippen LogP contribution in [0, 0.1) is 0 Å². The summed E-state index contributed by atoms with van der Waals surface area (Å²) in [5.41, 5.74) is 0. The topological polar surface area (TPSA) is 101 Å². The highest BCUT2D eigenvalue weighted by Gasteiger charge is 2.33. The van der Waals surface area contributed by atoms with Crippen LogP contribution >= 0.6 is 0 Å². The second-order valence-electron chi connectivity index (χ2n) is 3.99. The van der Waals surface area contributed by atoms with Gasteiger partial charge in [-0.15, -0.1) is 0 Å². The Kier molecular flexibility index (Phi) is 3.87. The van der Waals surface area contributed by atoms with Gasteiger partial charge >= 0.3 is 0 Å². The first-order valence-electron chi connectivity index (χ1n) is 5.01. The zero-order chi connectivity index (χ0) is 13.2. The Morgan fingerprint density at radius 3 is 2.59 bits per heavy atom. The molecular formula is C9H14N2O5S. The summed E-state index contributed by atoms with van der Waals surface area (Å²) in [5, 5.41) is 2.10. The molecule has 8 heteroatoms. The number of hydrogen-bond donors (Lipinski definition) is 1. The SMILES string of the molecule is CC1C(=O)NC(=O)CN1C(=O)CCS(C)(=O)=O. The first-order chi connectivity index (χ1) is 7.70. The van der Waals surface area contributed by atoms with Gasteiger partial charge in [0, 0.05) is 12.7 Å². The fourth-order valence-corrected chi connectivity index (χ4v) is 1.98. The molecule has 0 bridgehead atoms. The van der Waals surface area contributed by atoms with Crippen molar-refractivity contribution in [2.24, 2.45) is 0 Å². The van der Waals surface area contributed by atoms with Gasteiger partial charge in [0.15, 0.2) is 0 Å². The van der Waals surface area contributed by atoms with E-state index in [9.17, 15) is 22.8 Å². The standard InChI is InChI=1S/C9H14N2O5S/c1-6-9(14)10-7(12)5-11(6)8(13)3-4-17(2,15)16/h6H,3-5H2,1-2H3,(H,10,12,14). The molecule has 96 valence electrons. The summed E-state index contributed by atoms with van der Waals surface area (Å²) in [7, 11) is -3.24. The highest BCUT2D eigenvalue weighted by Crippen LogP contribution is 2.07. The van der Waals surface area contributed by atoms with Crippen molar-refractivity contribution >= 4 is 27.6 Å². The lowest BCUT2D eigenvalue weighted by Gasteiger charge is -2.31. The summed E-state index contributed by atoms with van der Waals surface area (Å²) < 4.78 is 21.8. The van der Waals surface area contributed by atoms with Crippen molar-refractivity contribution in [2.45, 2.75) is 19.4 Å². The molecule has 1 atom stereocenters. The van der Waals surface area contributed by atoms with Crippen molar-refractivity contribution in [1.82, 2.24) is 10.2 Å². The molecule has 3 amide bonds. The van der Waals surface area contributed by atoms with Crippen molar-refractivity contribution in [3.8, 4) is 0 Å². The van der Waals surface area contributed by atoms with Gasteiger partial charge in [0.25, 0.3) is 0 Å². The molecule has 0 aromatic carbocycles. The number of sulfone groups is 1. The molecule has 0 radical (unpaired) electrons. The van der Waals surface area contributed by atoms with E-state index in [1.165, 1.54) is 6.92 Å². The van der Waals surface area contributed by atoms with E-state index < -0.39 is 33.6 Å². The Morgan fingerprint density at radius 2 is 2.06 bits per heavy atom. The molecule has 1 saturated heterocycles. The highest BCUT2D eigenvalue weighted by molar-refractivity contribution is 7.90. The van der Waals surface area contributed by atoms with E-state index >= 15 is 0 Å². The van der Waals surface area contributed by atoms with Gasteiger partial charge in [-0.05, 0) is 6.92 Å². The average Bonchev–Trinajstić information content (AvgIpc) is 2.19. The third kappa shape index (κ3) is 3.81. The Morgan fingerprint density at radius 1 is 1.47 bits per heavy atom. The van der Waals surface area contributed by atoms with Gasteiger partial charge in [-0.25, -0.2) is 8.42 Å². The molecule has 1 rings (SSSR count). The largest absolute Gasteiger partial charge is 0.322 e. The van der Waals surface area contributed by atoms with E-state index in [1.54, 1.807) is 0 Å². The van der Waals surface area contributed by atoms with Crippen molar-refractivity contribution in [3.05, 3.63) is 0 Å². The third-order valence-electron chi connectivity index (χ3n) is 2.43. The van der Waals surface area contributed by atoms with E-state index in [2.05, 4.69) is 5.32 Å². The number of carbonyl (C=O) groups is 3. The fourth-order valence-electron chi connectivity index (χ4n) is 1.44. The zero-order valence-electron chi connectivity index (χ0n) is 9.60. The Labute approximate surface area is 99.1 Å². The molecule has 17 heavy (non-hydrogen) atoms. The van der Waals surface area contributed by atoms with Crippen LogP contribution in [0.25, 0.3) is 0 Å². The van der Waals surface area contributed by atoms with Crippen LogP contribution in [-0.4, -0.2) is 55.6 Å². The van der Waals surface area contributed by atoms with Gasteiger partial charge in [0.1, 0.15) is 22.4 Å². The Bertz CT molecular complexity index is 456. The summed E-state index contributed by atoms with van der Waals surface area (Å²) >= 11 is 0. The predicted molar refractivity (Wildman–Crippen MR) is 58.7 cm³/mol. The van der Waals surface area contributed by atoms with Crippen LogP contribution in [0.3, 0.4) is 0 Å². The maximum Gasteiger partial charge on any atom is 0.249 e. The molecule has 0 aromatic heterocycles. The van der Waals surface area contributed by atoms with Crippen molar-refractivity contribution in [2.75, 3.05) is 18.6 Å². The molecule has 1 N–H and O–H groups in total. The van der Waals surface area contributed by atoms with Gasteiger partial charge in [-0.3, -0.25) is 19.7 Å². The second kappa shape index (κ2) is 4.82. The monoisotopic (exact) mass is 262 g/mol. The van der Waals surface area contributed by atoms with E-state index in [0.29, 0.717) is 0 Å². The van der Waals surface area contributed by atoms with Crippen LogP contribution in [0.15, 0.2) is 0 Å². The number of carbonyl (C=O) groups excluding carboxylic acids is 3. The lowest BCUT2D eigenvalue weighted by Crippen LogP contribution is -2.58. The molecule has 0 saturated carbocycles. The highest BCUT2D eigenvalue weighted by atomic mass is 32.2. The van der Waals surface area contributed by atoms with Gasteiger partial charge in [-0.1, -0.05) is 0 Å². The minimum atomic E-state index is -3.24. The molecule has 0 spiro atoms. The Hall–Kier alpha value is -1.44. The number of amides is 3. The fraction of sp³-hybridized carbons (Fsp3) is 0.667. The summed E-state index contributed by atoms with van der Waals surface area (Å²) in [6, 6.07) is -0.750. The number of hydrogen-bond acceptors (Lipinski definition) is 5. The lowest BCUT2D eigenvalue weighted by molar-refractivity contribution is -0.149. The van der Waals surface area contributed by atoms with Crippen LogP contribution in [0.1, 0.15) is 13.3 Å². The summed E-state index contributed by atoms with van der Waals surface area (Å²) in [6.07, 6.45) is 0.807. The van der Waals surface area contributed by atoms with E-state index in [0.717, 1.165) is 11.2 Å². The van der Waals surface area contributed by atoms with Crippen molar-refractivity contribution in [1.29, 1.82) is 0 Å². The number of imide groups is 1. The molecule has 0 aliphatic carbocycles. The minimum absolute atomic E-state index is 0.213. The van der Waals surface area contributed by atoms with Gasteiger partial charge in [0.2, 0.25) is 17.7 Å². The normalized spacial score (nSPS) is 21.3. The van der Waals surface area contributed by atoms with Gasteiger partial charge < -0.3 is 4.90 Å². The van der Waals surface area contributed by atoms with Crippen LogP contribution in [0.2, 0.25) is 0 Å². The lowest BCUT2D eigenvalue weighted by atomic mass is 10.2. The third-order valence-corrected chi connectivity index (χ3v) is 3.38. The summed E-state index contributed by atoms with van der Waals surface area (Å²) in [5.74, 6) is -1.90. The summed E-state index contributed by atoms with van der Waals surface area (Å²) in [6.45, 7) is 1.27. The van der Waals surface area contributed by atoms with Crippen LogP contribution in [0.4, 0.5) is 0 Å². The number of rotatable bonds is 3. The molecule has 0 aromatic rings. The smallest absolute Gasteiger partial charge is 0.249 e. The van der Waals surface area contributed by atoms with Crippen LogP contribution in [-0.2, 0) is 24.2 Å². The minimum Gasteiger partial charge on any atom is -0.322 e. The van der Waals surface area contributed by atoms with E-state index in [4.69, 9.17) is 0 Å². The Balaban J connectivity index is 2.68. The maximum absolute atomic E-state index is 11.7. The molecule has 7 nitrogen and oxygen atoms in total. The number of piperazine rings is 1. The van der Waals surface area contributed by atoms with Crippen molar-refractivity contribution < 1.29 is 22.8 Å². The zero-order valence-corrected chi connectivity index (χ0v) is 10.4. The predicted octanol–water partition coefficient (Wildman–Crippen LogP) is -1.71. The molecule has 1 unspecified atom stereocenters. The van der Waals surface area contributed by atoms with Crippen LogP contribution < -0.4 is 5.32 Å². The molecule has 1 aliphatic heterocycles. The molecule has 1 heterocycles. The van der Waals surface area contributed by atoms with Gasteiger partial charge in [0.05, 0.1) is 5.75 Å². The first kappa shape index (κ1) is 13.6. The summed E-state index contributed by atoms with van der Waals surface area (Å²) in [4.78, 5) is 35.1. The van der Waals surface area contributed by atoms with E-state index in [1.807, 2.05) is 0 Å². The second-order valence-corrected chi connectivity index (χ2v) is 6.25.